The van der Waals surface area contributed by atoms with Crippen molar-refractivity contribution in [1.82, 2.24) is 0 Å². The van der Waals surface area contributed by atoms with Crippen LogP contribution in [0.3, 0.4) is 0 Å². The van der Waals surface area contributed by atoms with Crippen LogP contribution in [-0.4, -0.2) is 11.9 Å². The van der Waals surface area contributed by atoms with E-state index in [0.717, 1.165) is 29.2 Å². The smallest absolute Gasteiger partial charge is 0.123 e. The maximum absolute atomic E-state index is 7.55. The van der Waals surface area contributed by atoms with Gasteiger partial charge in [-0.1, -0.05) is 27.2 Å². The number of hydrogen-bond acceptors (Lipinski definition) is 2. The summed E-state index contributed by atoms with van der Waals surface area (Å²) in [5.41, 5.74) is 7.37. The lowest BCUT2D eigenvalue weighted by Gasteiger charge is -2.37. The third kappa shape index (κ3) is 3.78. The Morgan fingerprint density at radius 3 is 2.62 bits per heavy atom. The first-order valence-electron chi connectivity index (χ1n) is 8.00. The Hall–Kier alpha value is -1.51. The van der Waals surface area contributed by atoms with Crippen LogP contribution in [-0.2, 0) is 0 Å². The van der Waals surface area contributed by atoms with E-state index in [0.29, 0.717) is 17.9 Å². The monoisotopic (exact) mass is 288 g/mol. The summed E-state index contributed by atoms with van der Waals surface area (Å²) in [7, 11) is 0. The number of rotatable bonds is 4. The number of nitrogen functional groups attached to an aromatic ring is 1. The highest BCUT2D eigenvalue weighted by Crippen LogP contribution is 2.36. The molecule has 1 fully saturated rings. The maximum Gasteiger partial charge on any atom is 0.123 e. The molecule has 0 bridgehead atoms. The average molecular weight is 288 g/mol. The van der Waals surface area contributed by atoms with Crippen LogP contribution in [0.4, 0.5) is 0 Å². The fourth-order valence-electron chi connectivity index (χ4n) is 3.44. The van der Waals surface area contributed by atoms with Crippen LogP contribution in [0.5, 0.6) is 5.75 Å². The minimum atomic E-state index is 0.116. The molecule has 1 aromatic carbocycles. The lowest BCUT2D eigenvalue weighted by molar-refractivity contribution is 0.0460. The summed E-state index contributed by atoms with van der Waals surface area (Å²) in [5.74, 6) is 3.05. The van der Waals surface area contributed by atoms with E-state index in [1.807, 2.05) is 25.1 Å². The fraction of sp³-hybridized carbons (Fsp3) is 0.611. The van der Waals surface area contributed by atoms with Gasteiger partial charge in [-0.15, -0.1) is 0 Å². The van der Waals surface area contributed by atoms with Crippen molar-refractivity contribution in [3.63, 3.8) is 0 Å². The van der Waals surface area contributed by atoms with Gasteiger partial charge in [0.25, 0.3) is 0 Å². The van der Waals surface area contributed by atoms with Crippen LogP contribution < -0.4 is 10.5 Å². The van der Waals surface area contributed by atoms with Crippen molar-refractivity contribution >= 4 is 5.84 Å². The first-order chi connectivity index (χ1) is 9.88. The normalized spacial score (nSPS) is 25.9. The number of amidine groups is 1. The van der Waals surface area contributed by atoms with Gasteiger partial charge in [0.05, 0.1) is 0 Å². The van der Waals surface area contributed by atoms with Crippen LogP contribution >= 0.6 is 0 Å². The van der Waals surface area contributed by atoms with Gasteiger partial charge < -0.3 is 10.5 Å². The highest BCUT2D eigenvalue weighted by atomic mass is 16.5. The molecule has 3 unspecified atom stereocenters. The molecule has 1 aliphatic carbocycles. The lowest BCUT2D eigenvalue weighted by Crippen LogP contribution is -2.36. The molecule has 3 heteroatoms. The van der Waals surface area contributed by atoms with Crippen LogP contribution in [0.2, 0.25) is 0 Å². The molecular weight excluding hydrogens is 260 g/mol. The van der Waals surface area contributed by atoms with Gasteiger partial charge in [-0.2, -0.15) is 0 Å². The summed E-state index contributed by atoms with van der Waals surface area (Å²) in [4.78, 5) is 0. The second-order valence-corrected chi connectivity index (χ2v) is 6.87. The molecule has 1 aliphatic rings. The minimum Gasteiger partial charge on any atom is -0.490 e. The van der Waals surface area contributed by atoms with Crippen LogP contribution in [0, 0.1) is 30.1 Å². The molecule has 3 nitrogen and oxygen atoms in total. The van der Waals surface area contributed by atoms with E-state index in [1.54, 1.807) is 0 Å². The second-order valence-electron chi connectivity index (χ2n) is 6.87. The van der Waals surface area contributed by atoms with E-state index in [4.69, 9.17) is 15.9 Å². The zero-order chi connectivity index (χ0) is 15.6. The first-order valence-corrected chi connectivity index (χ1v) is 8.00. The maximum atomic E-state index is 7.55. The summed E-state index contributed by atoms with van der Waals surface area (Å²) in [6, 6.07) is 5.84. The van der Waals surface area contributed by atoms with Gasteiger partial charge >= 0.3 is 0 Å². The Bertz CT molecular complexity index is 510. The molecule has 2 rings (SSSR count). The average Bonchev–Trinajstić information content (AvgIpc) is 2.37. The first kappa shape index (κ1) is 15.9. The zero-order valence-electron chi connectivity index (χ0n) is 13.6. The quantitative estimate of drug-likeness (QED) is 0.647. The van der Waals surface area contributed by atoms with Crippen molar-refractivity contribution in [1.29, 1.82) is 5.41 Å². The third-order valence-electron chi connectivity index (χ3n) is 4.74. The summed E-state index contributed by atoms with van der Waals surface area (Å²) >= 11 is 0. The van der Waals surface area contributed by atoms with Gasteiger partial charge in [-0.05, 0) is 61.3 Å². The molecule has 0 amide bonds. The highest BCUT2D eigenvalue weighted by Gasteiger charge is 2.32. The number of nitrogens with one attached hydrogen (secondary N) is 1. The molecule has 1 saturated carbocycles. The Morgan fingerprint density at radius 1 is 1.33 bits per heavy atom. The van der Waals surface area contributed by atoms with E-state index in [2.05, 4.69) is 20.8 Å². The molecule has 21 heavy (non-hydrogen) atoms. The van der Waals surface area contributed by atoms with Crippen molar-refractivity contribution < 1.29 is 4.74 Å². The van der Waals surface area contributed by atoms with E-state index < -0.39 is 0 Å². The van der Waals surface area contributed by atoms with E-state index in [-0.39, 0.29) is 5.84 Å². The van der Waals surface area contributed by atoms with Crippen molar-refractivity contribution in [2.45, 2.75) is 53.1 Å². The number of aryl methyl sites for hydroxylation is 1. The van der Waals surface area contributed by atoms with Crippen LogP contribution in [0.25, 0.3) is 0 Å². The standard InChI is InChI=1S/C18H28N2O/c1-11(2)15-7-5-12(3)9-17(15)21-14-6-8-16(18(19)20)13(4)10-14/h6,8,10-12,15,17H,5,7,9H2,1-4H3,(H3,19,20). The molecule has 3 atom stereocenters. The van der Waals surface area contributed by atoms with Crippen molar-refractivity contribution in [2.75, 3.05) is 0 Å². The van der Waals surface area contributed by atoms with Gasteiger partial charge in [0.1, 0.15) is 17.7 Å². The largest absolute Gasteiger partial charge is 0.490 e. The summed E-state index contributed by atoms with van der Waals surface area (Å²) < 4.78 is 6.30. The topological polar surface area (TPSA) is 59.1 Å². The number of hydrogen-bond donors (Lipinski definition) is 2. The predicted octanol–water partition coefficient (Wildman–Crippen LogP) is 4.12. The van der Waals surface area contributed by atoms with Gasteiger partial charge in [0, 0.05) is 5.56 Å². The third-order valence-corrected chi connectivity index (χ3v) is 4.74. The Kier molecular flexibility index (Phi) is 4.92. The summed E-state index contributed by atoms with van der Waals surface area (Å²) in [6.45, 7) is 8.88. The van der Waals surface area contributed by atoms with E-state index in [1.165, 1.54) is 12.8 Å². The molecule has 116 valence electrons. The molecule has 0 aliphatic heterocycles. The lowest BCUT2D eigenvalue weighted by atomic mass is 9.75. The van der Waals surface area contributed by atoms with Gasteiger partial charge in [0.2, 0.25) is 0 Å². The van der Waals surface area contributed by atoms with Crippen molar-refractivity contribution in [3.05, 3.63) is 29.3 Å². The Morgan fingerprint density at radius 2 is 2.05 bits per heavy atom. The Balaban J connectivity index is 2.15. The second kappa shape index (κ2) is 6.50. The summed E-state index contributed by atoms with van der Waals surface area (Å²) in [6.07, 6.45) is 4.01. The van der Waals surface area contributed by atoms with Crippen molar-refractivity contribution in [3.8, 4) is 5.75 Å². The number of nitrogens with two attached hydrogens (primary N) is 1. The highest BCUT2D eigenvalue weighted by molar-refractivity contribution is 5.96. The van der Waals surface area contributed by atoms with Crippen LogP contribution in [0.15, 0.2) is 18.2 Å². The van der Waals surface area contributed by atoms with Gasteiger partial charge in [0.15, 0.2) is 0 Å². The molecular formula is C18H28N2O. The van der Waals surface area contributed by atoms with Crippen molar-refractivity contribution in [2.24, 2.45) is 23.5 Å². The van der Waals surface area contributed by atoms with Gasteiger partial charge in [-0.25, -0.2) is 0 Å². The molecule has 0 saturated heterocycles. The molecule has 0 radical (unpaired) electrons. The van der Waals surface area contributed by atoms with E-state index >= 15 is 0 Å². The van der Waals surface area contributed by atoms with Crippen LogP contribution in [0.1, 0.15) is 51.2 Å². The number of benzene rings is 1. The van der Waals surface area contributed by atoms with E-state index in [9.17, 15) is 0 Å². The molecule has 1 aromatic rings. The predicted molar refractivity (Wildman–Crippen MR) is 88.0 cm³/mol. The number of ether oxygens (including phenoxy) is 1. The zero-order valence-corrected chi connectivity index (χ0v) is 13.6. The Labute approximate surface area is 128 Å². The fourth-order valence-corrected chi connectivity index (χ4v) is 3.44. The molecule has 0 aromatic heterocycles. The molecule has 0 heterocycles. The molecule has 3 N–H and O–H groups in total. The summed E-state index contributed by atoms with van der Waals surface area (Å²) in [5, 5.41) is 7.55. The molecule has 0 spiro atoms. The SMILES string of the molecule is Cc1cc(OC2CC(C)CCC2C(C)C)ccc1C(=N)N. The minimum absolute atomic E-state index is 0.116. The van der Waals surface area contributed by atoms with Gasteiger partial charge in [-0.3, -0.25) is 5.41 Å².